The third kappa shape index (κ3) is 9.43. The average molecular weight is 606 g/mol. The second kappa shape index (κ2) is 16.4. The summed E-state index contributed by atoms with van der Waals surface area (Å²) in [4.78, 5) is 25.3. The van der Waals surface area contributed by atoms with E-state index in [1.54, 1.807) is 5.48 Å². The van der Waals surface area contributed by atoms with E-state index in [0.717, 1.165) is 27.8 Å². The Bertz CT molecular complexity index is 1320. The van der Waals surface area contributed by atoms with Crippen molar-refractivity contribution in [3.05, 3.63) is 107 Å². The van der Waals surface area contributed by atoms with Gasteiger partial charge in [0.25, 0.3) is 0 Å². The summed E-state index contributed by atoms with van der Waals surface area (Å²) in [6.07, 6.45) is -0.454. The first kappa shape index (κ1) is 33.3. The van der Waals surface area contributed by atoms with Crippen molar-refractivity contribution in [2.45, 2.75) is 76.4 Å². The number of ether oxygens (including phenoxy) is 2. The highest BCUT2D eigenvalue weighted by Gasteiger charge is 2.34. The van der Waals surface area contributed by atoms with E-state index in [4.69, 9.17) is 14.7 Å². The van der Waals surface area contributed by atoms with Crippen LogP contribution < -0.4 is 10.8 Å². The van der Waals surface area contributed by atoms with Crippen LogP contribution in [0.5, 0.6) is 0 Å². The molecule has 0 spiro atoms. The van der Waals surface area contributed by atoms with Crippen molar-refractivity contribution in [3.8, 4) is 0 Å². The van der Waals surface area contributed by atoms with Gasteiger partial charge >= 0.3 is 0 Å². The fraction of sp³-hybridized carbons (Fsp3) is 0.412. The van der Waals surface area contributed by atoms with Crippen molar-refractivity contribution in [3.63, 3.8) is 0 Å². The minimum atomic E-state index is -0.647. The van der Waals surface area contributed by atoms with Crippen LogP contribution in [0.1, 0.15) is 78.9 Å². The molecule has 4 rings (SSSR count). The molecule has 0 saturated carbocycles. The first-order chi connectivity index (χ1) is 21.3. The van der Waals surface area contributed by atoms with E-state index in [0.29, 0.717) is 25.9 Å². The molecule has 5 N–H and O–H groups in total. The van der Waals surface area contributed by atoms with E-state index >= 15 is 0 Å². The lowest BCUT2D eigenvalue weighted by Crippen LogP contribution is -2.43. The van der Waals surface area contributed by atoms with Crippen LogP contribution in [0.25, 0.3) is 0 Å². The van der Waals surface area contributed by atoms with Crippen LogP contribution in [-0.2, 0) is 32.2 Å². The van der Waals surface area contributed by atoms with E-state index in [1.807, 2.05) is 92.8 Å². The molecule has 0 aromatic heterocycles. The molecule has 2 amide bonds. The number of likely N-dealkylation sites (N-methyl/N-ethyl adjacent to an activating group) is 1. The Hall–Kier alpha value is -3.64. The van der Waals surface area contributed by atoms with Crippen LogP contribution in [-0.4, -0.2) is 57.9 Å². The average Bonchev–Trinajstić information content (AvgIpc) is 3.07. The lowest BCUT2D eigenvalue weighted by molar-refractivity contribution is -0.253. The second-order valence-electron chi connectivity index (χ2n) is 11.3. The maximum Gasteiger partial charge on any atom is 0.243 e. The van der Waals surface area contributed by atoms with Crippen LogP contribution in [0.2, 0.25) is 0 Å². The maximum absolute atomic E-state index is 12.1. The number of benzene rings is 3. The Kier molecular flexibility index (Phi) is 12.4. The van der Waals surface area contributed by atoms with Gasteiger partial charge in [-0.1, -0.05) is 78.9 Å². The van der Waals surface area contributed by atoms with E-state index in [2.05, 4.69) is 10.2 Å². The van der Waals surface area contributed by atoms with Crippen LogP contribution in [0.15, 0.2) is 78.9 Å². The first-order valence-electron chi connectivity index (χ1n) is 15.0. The van der Waals surface area contributed by atoms with Crippen molar-refractivity contribution in [1.82, 2.24) is 15.7 Å². The molecule has 44 heavy (non-hydrogen) atoms. The molecule has 10 heteroatoms. The van der Waals surface area contributed by atoms with Crippen molar-refractivity contribution < 1.29 is 34.5 Å². The standard InChI is InChI=1S/C34H43N3O7/c1-23(33(41)27-7-4-3-5-8-27)37(2)21-29-19-30(26-15-13-25(22-38)14-16-26)44-34(43-29)28-17-11-24(12-18-28)20-35-31(39)9-6-10-32(40)36-42/h3-5,7-8,11-18,23,29-30,33-34,38,41-42H,6,9-10,19-22H2,1-2H3,(H,35,39)(H,36,40)/t23-,29+,30-,33-,34-/m0/s1. The Balaban J connectivity index is 1.42. The van der Waals surface area contributed by atoms with Gasteiger partial charge in [-0.2, -0.15) is 0 Å². The summed E-state index contributed by atoms with van der Waals surface area (Å²) in [5, 5.41) is 31.9. The third-order valence-corrected chi connectivity index (χ3v) is 8.07. The van der Waals surface area contributed by atoms with Crippen molar-refractivity contribution >= 4 is 11.8 Å². The number of carbonyl (C=O) groups excluding carboxylic acids is 2. The lowest BCUT2D eigenvalue weighted by atomic mass is 9.98. The zero-order valence-corrected chi connectivity index (χ0v) is 25.3. The van der Waals surface area contributed by atoms with Gasteiger partial charge < -0.3 is 25.0 Å². The van der Waals surface area contributed by atoms with Gasteiger partial charge in [-0.3, -0.25) is 19.7 Å². The molecule has 0 radical (unpaired) electrons. The summed E-state index contributed by atoms with van der Waals surface area (Å²) < 4.78 is 12.9. The molecule has 1 fully saturated rings. The summed E-state index contributed by atoms with van der Waals surface area (Å²) in [6.45, 7) is 2.90. The Morgan fingerprint density at radius 1 is 0.909 bits per heavy atom. The number of hydroxylamine groups is 1. The topological polar surface area (TPSA) is 141 Å². The van der Waals surface area contributed by atoms with Gasteiger partial charge in [0, 0.05) is 44.0 Å². The molecule has 10 nitrogen and oxygen atoms in total. The third-order valence-electron chi connectivity index (χ3n) is 8.07. The number of nitrogens with zero attached hydrogens (tertiary/aromatic N) is 1. The number of amides is 2. The summed E-state index contributed by atoms with van der Waals surface area (Å²) >= 11 is 0. The fourth-order valence-electron chi connectivity index (χ4n) is 5.24. The minimum Gasteiger partial charge on any atom is -0.392 e. The second-order valence-corrected chi connectivity index (χ2v) is 11.3. The quantitative estimate of drug-likeness (QED) is 0.137. The molecule has 3 aromatic carbocycles. The number of aliphatic hydroxyl groups excluding tert-OH is 2. The summed E-state index contributed by atoms with van der Waals surface area (Å²) in [6, 6.07) is 24.9. The Labute approximate surface area is 258 Å². The summed E-state index contributed by atoms with van der Waals surface area (Å²) in [5.74, 6) is -0.689. The van der Waals surface area contributed by atoms with E-state index in [-0.39, 0.29) is 43.6 Å². The largest absolute Gasteiger partial charge is 0.392 e. The monoisotopic (exact) mass is 605 g/mol. The summed E-state index contributed by atoms with van der Waals surface area (Å²) in [7, 11) is 1.99. The van der Waals surface area contributed by atoms with Crippen LogP contribution >= 0.6 is 0 Å². The van der Waals surface area contributed by atoms with E-state index < -0.39 is 18.3 Å². The highest BCUT2D eigenvalue weighted by atomic mass is 16.7. The Morgan fingerprint density at radius 3 is 2.20 bits per heavy atom. The van der Waals surface area contributed by atoms with Gasteiger partial charge in [0.2, 0.25) is 11.8 Å². The molecule has 3 aromatic rings. The number of hydrogen-bond donors (Lipinski definition) is 5. The predicted octanol–water partition coefficient (Wildman–Crippen LogP) is 4.07. The molecule has 1 saturated heterocycles. The van der Waals surface area contributed by atoms with Gasteiger partial charge in [0.1, 0.15) is 0 Å². The van der Waals surface area contributed by atoms with Crippen LogP contribution in [0.3, 0.4) is 0 Å². The minimum absolute atomic E-state index is 0.0275. The van der Waals surface area contributed by atoms with Gasteiger partial charge in [-0.15, -0.1) is 0 Å². The summed E-state index contributed by atoms with van der Waals surface area (Å²) in [5.41, 5.74) is 6.00. The Morgan fingerprint density at radius 2 is 1.55 bits per heavy atom. The van der Waals surface area contributed by atoms with Crippen molar-refractivity contribution in [2.24, 2.45) is 0 Å². The number of hydrogen-bond acceptors (Lipinski definition) is 8. The molecule has 0 unspecified atom stereocenters. The maximum atomic E-state index is 12.1. The van der Waals surface area contributed by atoms with E-state index in [1.165, 1.54) is 0 Å². The molecular weight excluding hydrogens is 562 g/mol. The van der Waals surface area contributed by atoms with Gasteiger partial charge in [-0.25, -0.2) is 5.48 Å². The van der Waals surface area contributed by atoms with Gasteiger partial charge in [-0.05, 0) is 42.6 Å². The highest BCUT2D eigenvalue weighted by molar-refractivity contribution is 5.78. The smallest absolute Gasteiger partial charge is 0.243 e. The van der Waals surface area contributed by atoms with Gasteiger partial charge in [0.05, 0.1) is 24.9 Å². The van der Waals surface area contributed by atoms with Crippen LogP contribution in [0, 0.1) is 0 Å². The molecule has 5 atom stereocenters. The van der Waals surface area contributed by atoms with Crippen molar-refractivity contribution in [2.75, 3.05) is 13.6 Å². The predicted molar refractivity (Wildman–Crippen MR) is 164 cm³/mol. The molecule has 236 valence electrons. The van der Waals surface area contributed by atoms with Crippen molar-refractivity contribution in [1.29, 1.82) is 0 Å². The normalized spacial score (nSPS) is 19.7. The lowest BCUT2D eigenvalue weighted by Gasteiger charge is -2.39. The van der Waals surface area contributed by atoms with E-state index in [9.17, 15) is 19.8 Å². The number of nitrogens with one attached hydrogen (secondary N) is 2. The fourth-order valence-corrected chi connectivity index (χ4v) is 5.24. The number of aliphatic hydroxyl groups is 2. The molecule has 1 aliphatic rings. The number of carbonyl (C=O) groups is 2. The zero-order valence-electron chi connectivity index (χ0n) is 25.3. The zero-order chi connectivity index (χ0) is 31.5. The van der Waals surface area contributed by atoms with Crippen LogP contribution in [0.4, 0.5) is 0 Å². The first-order valence-corrected chi connectivity index (χ1v) is 15.0. The highest BCUT2D eigenvalue weighted by Crippen LogP contribution is 2.38. The molecule has 1 aliphatic heterocycles. The SMILES string of the molecule is C[C@@H]([C@H](O)c1ccccc1)N(C)C[C@H]1C[C@@H](c2ccc(CO)cc2)O[C@@H](c2ccc(CNC(=O)CCCC(=O)NO)cc2)O1. The van der Waals surface area contributed by atoms with Gasteiger partial charge in [0.15, 0.2) is 6.29 Å². The molecule has 1 heterocycles. The molecule has 0 aliphatic carbocycles. The molecule has 0 bridgehead atoms. The number of rotatable bonds is 14. The molecular formula is C34H43N3O7.